The van der Waals surface area contributed by atoms with Crippen LogP contribution >= 0.6 is 0 Å². The van der Waals surface area contributed by atoms with Crippen LogP contribution in [0.3, 0.4) is 0 Å². The molecule has 0 amide bonds. The molecule has 1 unspecified atom stereocenters. The van der Waals surface area contributed by atoms with E-state index in [1.165, 1.54) is 18.2 Å². The van der Waals surface area contributed by atoms with Crippen molar-refractivity contribution in [1.29, 1.82) is 0 Å². The highest BCUT2D eigenvalue weighted by atomic mass is 19.1. The Kier molecular flexibility index (Phi) is 7.94. The van der Waals surface area contributed by atoms with Crippen LogP contribution < -0.4 is 0 Å². The van der Waals surface area contributed by atoms with Gasteiger partial charge < -0.3 is 4.74 Å². The smallest absolute Gasteiger partial charge is 0.381 e. The third-order valence-corrected chi connectivity index (χ3v) is 16.2. The molecule has 0 aromatic rings. The third kappa shape index (κ3) is 4.69. The van der Waals surface area contributed by atoms with Gasteiger partial charge in [0, 0.05) is 53.8 Å². The van der Waals surface area contributed by atoms with Crippen LogP contribution in [0.4, 0.5) is 8.78 Å². The first-order chi connectivity index (χ1) is 24.8. The molecule has 0 aliphatic heterocycles. The number of Topliss-reactive ketones (excluding diaryl/α,β-unsaturated/α-hetero) is 4. The summed E-state index contributed by atoms with van der Waals surface area (Å²) >= 11 is 0. The molecule has 9 nitrogen and oxygen atoms in total. The third-order valence-electron chi connectivity index (χ3n) is 16.2. The van der Waals surface area contributed by atoms with E-state index in [0.717, 1.165) is 0 Å². The van der Waals surface area contributed by atoms with Crippen LogP contribution in [0.2, 0.25) is 0 Å². The molecule has 0 N–H and O–H groups in total. The van der Waals surface area contributed by atoms with E-state index < -0.39 is 98.3 Å². The first-order valence-corrected chi connectivity index (χ1v) is 19.2. The Morgan fingerprint density at radius 3 is 2.06 bits per heavy atom. The molecule has 8 aliphatic carbocycles. The van der Waals surface area contributed by atoms with Crippen molar-refractivity contribution in [3.05, 3.63) is 35.5 Å². The van der Waals surface area contributed by atoms with E-state index in [1.807, 2.05) is 0 Å². The molecule has 0 spiro atoms. The number of ketones is 6. The van der Waals surface area contributed by atoms with E-state index in [4.69, 9.17) is 4.74 Å². The van der Waals surface area contributed by atoms with Gasteiger partial charge in [-0.2, -0.15) is 0 Å². The number of hydrogen-bond acceptors (Lipinski definition) is 9. The minimum atomic E-state index is -2.20. The number of hydrogen-bond donors (Lipinski definition) is 0. The molecule has 6 saturated carbocycles. The Bertz CT molecular complexity index is 1910. The quantitative estimate of drug-likeness (QED) is 0.203. The molecule has 53 heavy (non-hydrogen) atoms. The minimum Gasteiger partial charge on any atom is -0.381 e. The van der Waals surface area contributed by atoms with Crippen LogP contribution in [0.25, 0.3) is 0 Å². The highest BCUT2D eigenvalue weighted by molar-refractivity contribution is 6.43. The maximum atomic E-state index is 17.3. The average Bonchev–Trinajstić information content (AvgIpc) is 3.61. The molecule has 0 heterocycles. The fraction of sp³-hybridized carbons (Fsp3) is 0.667. The molecule has 282 valence electrons. The highest BCUT2D eigenvalue weighted by Crippen LogP contribution is 2.69. The molecular weight excluding hydrogens is 686 g/mol. The summed E-state index contributed by atoms with van der Waals surface area (Å²) < 4.78 is 38.0. The molecule has 0 aromatic carbocycles. The molecule has 11 heteroatoms. The van der Waals surface area contributed by atoms with Gasteiger partial charge in [0.25, 0.3) is 0 Å². The zero-order valence-electron chi connectivity index (χ0n) is 30.6. The summed E-state index contributed by atoms with van der Waals surface area (Å²) in [5.74, 6) is -10.6. The van der Waals surface area contributed by atoms with Crippen molar-refractivity contribution < 1.29 is 51.9 Å². The second-order valence-electron chi connectivity index (χ2n) is 18.4. The highest BCUT2D eigenvalue weighted by Gasteiger charge is 2.72. The predicted molar refractivity (Wildman–Crippen MR) is 183 cm³/mol. The van der Waals surface area contributed by atoms with Gasteiger partial charge in [0.15, 0.2) is 23.0 Å². The van der Waals surface area contributed by atoms with Crippen LogP contribution in [0.1, 0.15) is 98.3 Å². The number of carbonyl (C=O) groups excluding carboxylic acids is 8. The number of alkyl halides is 2. The molecule has 0 radical (unpaired) electrons. The average molecular weight is 733 g/mol. The van der Waals surface area contributed by atoms with Crippen LogP contribution in [0, 0.1) is 63.1 Å². The summed E-state index contributed by atoms with van der Waals surface area (Å²) in [5.41, 5.74) is -5.40. The Morgan fingerprint density at radius 2 is 1.40 bits per heavy atom. The molecule has 0 aromatic heterocycles. The lowest BCUT2D eigenvalue weighted by atomic mass is 9.44. The van der Waals surface area contributed by atoms with E-state index in [0.29, 0.717) is 36.8 Å². The van der Waals surface area contributed by atoms with E-state index >= 15 is 8.78 Å². The topological polar surface area (TPSA) is 146 Å². The SMILES string of the molecule is C[C@]12CC(=O)[C@H]3[C@@H](CC(F)C4=CC(=O)C=C[C@@]43C)[C@@H]1CC[C@@H]2C(=O)C(=O)OC(=O)C(=O)[C@H]1CC[C@H]2[C@@H]3CCC4=CC(=O)CC[C@]4(C)[C@@]3(F)C(=O)C[C@]12C. The van der Waals surface area contributed by atoms with E-state index in [9.17, 15) is 38.4 Å². The lowest BCUT2D eigenvalue weighted by Gasteiger charge is -2.59. The first-order valence-electron chi connectivity index (χ1n) is 19.2. The first kappa shape index (κ1) is 36.2. The summed E-state index contributed by atoms with van der Waals surface area (Å²) in [4.78, 5) is 106. The summed E-state index contributed by atoms with van der Waals surface area (Å²) in [7, 11) is 0. The summed E-state index contributed by atoms with van der Waals surface area (Å²) in [6, 6.07) is 0. The van der Waals surface area contributed by atoms with Gasteiger partial charge >= 0.3 is 11.9 Å². The van der Waals surface area contributed by atoms with Crippen molar-refractivity contribution in [3.8, 4) is 0 Å². The van der Waals surface area contributed by atoms with E-state index in [-0.39, 0.29) is 68.2 Å². The molecule has 0 bridgehead atoms. The zero-order valence-corrected chi connectivity index (χ0v) is 30.6. The maximum absolute atomic E-state index is 17.3. The minimum absolute atomic E-state index is 0.0162. The Balaban J connectivity index is 0.969. The van der Waals surface area contributed by atoms with Crippen molar-refractivity contribution in [2.75, 3.05) is 0 Å². The largest absolute Gasteiger partial charge is 0.382 e. The fourth-order valence-corrected chi connectivity index (χ4v) is 13.7. The number of rotatable bonds is 4. The van der Waals surface area contributed by atoms with Crippen molar-refractivity contribution in [2.45, 2.75) is 110 Å². The van der Waals surface area contributed by atoms with E-state index in [1.54, 1.807) is 33.8 Å². The molecule has 0 saturated heterocycles. The number of allylic oxidation sites excluding steroid dienone is 5. The van der Waals surface area contributed by atoms with Crippen LogP contribution in [-0.2, 0) is 43.1 Å². The van der Waals surface area contributed by atoms with Gasteiger partial charge in [0.2, 0.25) is 11.6 Å². The second-order valence-corrected chi connectivity index (χ2v) is 18.4. The van der Waals surface area contributed by atoms with Gasteiger partial charge in [-0.1, -0.05) is 39.3 Å². The second kappa shape index (κ2) is 11.6. The summed E-state index contributed by atoms with van der Waals surface area (Å²) in [6.07, 6.45) is 6.46. The van der Waals surface area contributed by atoms with Crippen molar-refractivity contribution in [1.82, 2.24) is 0 Å². The number of carbonyl (C=O) groups is 8. The van der Waals surface area contributed by atoms with Gasteiger partial charge in [0.1, 0.15) is 12.0 Å². The molecular formula is C42H46F2O9. The summed E-state index contributed by atoms with van der Waals surface area (Å²) in [5, 5.41) is 0. The van der Waals surface area contributed by atoms with Crippen LogP contribution in [-0.4, -0.2) is 58.5 Å². The summed E-state index contributed by atoms with van der Waals surface area (Å²) in [6.45, 7) is 6.98. The number of ether oxygens (including phenoxy) is 1. The standard InChI is InChI=1S/C42H46F2O9/c1-38-13-11-22(46)16-29(38)30(43)17-23-24-7-9-27(39(24,2)18-31(47)33(23)38)34(49)36(51)53-37(52)35(50)28-10-8-25-26-6-5-20-15-21(45)12-14-41(20,4)42(26,44)32(48)19-40(25,28)3/h11,13,15-16,23-28,30,33H,5-10,12,14,17-19H2,1-4H3/t23-,24-,25-,26-,27+,28+,30?,33+,38-,39-,40-,41-,42-/m0/s1. The number of esters is 2. The van der Waals surface area contributed by atoms with Gasteiger partial charge in [-0.15, -0.1) is 0 Å². The van der Waals surface area contributed by atoms with Gasteiger partial charge in [-0.3, -0.25) is 28.8 Å². The lowest BCUT2D eigenvalue weighted by Crippen LogP contribution is -2.65. The Morgan fingerprint density at radius 1 is 0.774 bits per heavy atom. The number of halogens is 2. The van der Waals surface area contributed by atoms with Gasteiger partial charge in [0.05, 0.1) is 0 Å². The monoisotopic (exact) mass is 732 g/mol. The van der Waals surface area contributed by atoms with Crippen molar-refractivity contribution in [2.24, 2.45) is 63.1 Å². The van der Waals surface area contributed by atoms with Crippen LogP contribution in [0.15, 0.2) is 35.5 Å². The van der Waals surface area contributed by atoms with Crippen LogP contribution in [0.5, 0.6) is 0 Å². The predicted octanol–water partition coefficient (Wildman–Crippen LogP) is 5.66. The fourth-order valence-electron chi connectivity index (χ4n) is 13.7. The molecule has 8 aliphatic rings. The molecule has 13 atom stereocenters. The molecule has 8 rings (SSSR count). The van der Waals surface area contributed by atoms with Crippen molar-refractivity contribution in [3.63, 3.8) is 0 Å². The molecule has 6 fully saturated rings. The normalized spacial score (nSPS) is 46.8. The van der Waals surface area contributed by atoms with Crippen molar-refractivity contribution >= 4 is 46.6 Å². The lowest BCUT2D eigenvalue weighted by molar-refractivity contribution is -0.177. The maximum Gasteiger partial charge on any atom is 0.382 e. The Labute approximate surface area is 306 Å². The van der Waals surface area contributed by atoms with Gasteiger partial charge in [-0.05, 0) is 104 Å². The van der Waals surface area contributed by atoms with E-state index in [2.05, 4.69) is 0 Å². The van der Waals surface area contributed by atoms with Gasteiger partial charge in [-0.25, -0.2) is 18.4 Å². The number of fused-ring (bicyclic) bond motifs is 10. The Hall–Kier alpha value is -3.76. The zero-order chi connectivity index (χ0) is 38.2.